The van der Waals surface area contributed by atoms with E-state index in [0.717, 1.165) is 75.4 Å². The first kappa shape index (κ1) is 24.9. The van der Waals surface area contributed by atoms with E-state index in [4.69, 9.17) is 21.3 Å². The Balaban J connectivity index is 1.22. The number of rotatable bonds is 8. The number of aromatic nitrogens is 2. The van der Waals surface area contributed by atoms with E-state index in [1.165, 1.54) is 36.0 Å². The van der Waals surface area contributed by atoms with Gasteiger partial charge in [0.05, 0.1) is 30.1 Å². The SMILES string of the molecule is CC(=NC1CCNCC1)c1c(C)cc(OCCCC2CCN(c3ncc(Cl)cn3)CC2)cc1C. The summed E-state index contributed by atoms with van der Waals surface area (Å²) in [5.74, 6) is 2.51. The molecule has 1 N–H and O–H groups in total. The molecule has 2 fully saturated rings. The van der Waals surface area contributed by atoms with Gasteiger partial charge in [-0.1, -0.05) is 11.6 Å². The van der Waals surface area contributed by atoms with Crippen LogP contribution in [0.4, 0.5) is 5.95 Å². The van der Waals surface area contributed by atoms with Crippen LogP contribution in [0.5, 0.6) is 5.75 Å². The van der Waals surface area contributed by atoms with Crippen LogP contribution in [0, 0.1) is 19.8 Å². The van der Waals surface area contributed by atoms with Crippen molar-refractivity contribution in [2.24, 2.45) is 10.9 Å². The summed E-state index contributed by atoms with van der Waals surface area (Å²) in [6.45, 7) is 11.4. The van der Waals surface area contributed by atoms with Crippen LogP contribution >= 0.6 is 11.6 Å². The van der Waals surface area contributed by atoms with Gasteiger partial charge in [0.25, 0.3) is 0 Å². The van der Waals surface area contributed by atoms with Crippen LogP contribution in [0.15, 0.2) is 29.5 Å². The summed E-state index contributed by atoms with van der Waals surface area (Å²) in [6.07, 6.45) is 10.2. The zero-order chi connectivity index (χ0) is 23.9. The number of anilines is 1. The average molecular weight is 484 g/mol. The molecule has 7 heteroatoms. The van der Waals surface area contributed by atoms with E-state index in [-0.39, 0.29) is 0 Å². The standard InChI is InChI=1S/C27H38ClN5O/c1-19-15-25(16-20(2)26(19)21(3)32-24-6-10-29-11-7-24)34-14-4-5-22-8-12-33(13-9-22)27-30-17-23(28)18-31-27/h15-18,22,24,29H,4-14H2,1-3H3. The van der Waals surface area contributed by atoms with Crippen LogP contribution in [-0.2, 0) is 0 Å². The van der Waals surface area contributed by atoms with Gasteiger partial charge in [-0.05, 0) is 102 Å². The number of hydrogen-bond acceptors (Lipinski definition) is 6. The van der Waals surface area contributed by atoms with Crippen LogP contribution in [0.3, 0.4) is 0 Å². The van der Waals surface area contributed by atoms with Gasteiger partial charge < -0.3 is 15.0 Å². The van der Waals surface area contributed by atoms with Crippen molar-refractivity contribution in [3.05, 3.63) is 46.2 Å². The first-order valence-corrected chi connectivity index (χ1v) is 13.1. The molecule has 6 nitrogen and oxygen atoms in total. The van der Waals surface area contributed by atoms with Gasteiger partial charge in [0.2, 0.25) is 5.95 Å². The van der Waals surface area contributed by atoms with Crippen molar-refractivity contribution in [1.82, 2.24) is 15.3 Å². The predicted molar refractivity (Wildman–Crippen MR) is 141 cm³/mol. The molecule has 0 aliphatic carbocycles. The fraction of sp³-hybridized carbons (Fsp3) is 0.593. The third kappa shape index (κ3) is 6.70. The average Bonchev–Trinajstić information content (AvgIpc) is 2.83. The lowest BCUT2D eigenvalue weighted by molar-refractivity contribution is 0.278. The lowest BCUT2D eigenvalue weighted by Gasteiger charge is -2.32. The van der Waals surface area contributed by atoms with Gasteiger partial charge in [0.1, 0.15) is 5.75 Å². The summed E-state index contributed by atoms with van der Waals surface area (Å²) in [5, 5.41) is 4.00. The van der Waals surface area contributed by atoms with Gasteiger partial charge in [-0.3, -0.25) is 4.99 Å². The molecule has 0 bridgehead atoms. The molecule has 0 saturated carbocycles. The zero-order valence-electron chi connectivity index (χ0n) is 20.8. The van der Waals surface area contributed by atoms with Gasteiger partial charge in [-0.25, -0.2) is 9.97 Å². The van der Waals surface area contributed by atoms with E-state index >= 15 is 0 Å². The summed E-state index contributed by atoms with van der Waals surface area (Å²) < 4.78 is 6.15. The van der Waals surface area contributed by atoms with Crippen molar-refractivity contribution >= 4 is 23.3 Å². The van der Waals surface area contributed by atoms with Crippen molar-refractivity contribution < 1.29 is 4.74 Å². The molecule has 0 unspecified atom stereocenters. The van der Waals surface area contributed by atoms with Crippen molar-refractivity contribution in [1.29, 1.82) is 0 Å². The maximum Gasteiger partial charge on any atom is 0.225 e. The largest absolute Gasteiger partial charge is 0.494 e. The molecule has 3 heterocycles. The van der Waals surface area contributed by atoms with Gasteiger partial charge in [0, 0.05) is 24.4 Å². The molecule has 34 heavy (non-hydrogen) atoms. The van der Waals surface area contributed by atoms with E-state index in [1.54, 1.807) is 12.4 Å². The highest BCUT2D eigenvalue weighted by Crippen LogP contribution is 2.26. The first-order valence-electron chi connectivity index (χ1n) is 12.7. The first-order chi connectivity index (χ1) is 16.5. The molecule has 2 aliphatic heterocycles. The molecular formula is C27H38ClN5O. The molecule has 184 valence electrons. The maximum absolute atomic E-state index is 6.15. The summed E-state index contributed by atoms with van der Waals surface area (Å²) in [5.41, 5.74) is 4.94. The molecule has 0 radical (unpaired) electrons. The number of aliphatic imine (C=N–C) groups is 1. The number of ether oxygens (including phenoxy) is 1. The van der Waals surface area contributed by atoms with E-state index in [9.17, 15) is 0 Å². The number of nitrogens with one attached hydrogen (secondary N) is 1. The molecule has 0 atom stereocenters. The highest BCUT2D eigenvalue weighted by atomic mass is 35.5. The predicted octanol–water partition coefficient (Wildman–Crippen LogP) is 5.38. The lowest BCUT2D eigenvalue weighted by atomic mass is 9.92. The fourth-order valence-electron chi connectivity index (χ4n) is 5.30. The Morgan fingerprint density at radius 3 is 2.38 bits per heavy atom. The molecule has 2 aliphatic rings. The van der Waals surface area contributed by atoms with Gasteiger partial charge in [-0.2, -0.15) is 0 Å². The fourth-order valence-corrected chi connectivity index (χ4v) is 5.40. The van der Waals surface area contributed by atoms with E-state index in [1.807, 2.05) is 0 Å². The Bertz CT molecular complexity index is 940. The third-order valence-electron chi connectivity index (χ3n) is 7.08. The molecule has 0 amide bonds. The summed E-state index contributed by atoms with van der Waals surface area (Å²) >= 11 is 5.90. The van der Waals surface area contributed by atoms with Crippen molar-refractivity contribution in [2.45, 2.75) is 65.3 Å². The van der Waals surface area contributed by atoms with Crippen LogP contribution < -0.4 is 15.0 Å². The quantitative estimate of drug-likeness (QED) is 0.403. The number of nitrogens with zero attached hydrogens (tertiary/aromatic N) is 4. The lowest BCUT2D eigenvalue weighted by Crippen LogP contribution is -2.34. The number of piperidine rings is 2. The zero-order valence-corrected chi connectivity index (χ0v) is 21.6. The minimum absolute atomic E-state index is 0.446. The summed E-state index contributed by atoms with van der Waals surface area (Å²) in [7, 11) is 0. The second-order valence-corrected chi connectivity index (χ2v) is 10.2. The van der Waals surface area contributed by atoms with Crippen LogP contribution in [0.1, 0.15) is 62.1 Å². The van der Waals surface area contributed by atoms with Gasteiger partial charge >= 0.3 is 0 Å². The second kappa shape index (κ2) is 12.0. The third-order valence-corrected chi connectivity index (χ3v) is 7.28. The monoisotopic (exact) mass is 483 g/mol. The highest BCUT2D eigenvalue weighted by Gasteiger charge is 2.21. The van der Waals surface area contributed by atoms with Crippen molar-refractivity contribution in [3.63, 3.8) is 0 Å². The van der Waals surface area contributed by atoms with Crippen LogP contribution in [0.2, 0.25) is 5.02 Å². The Hall–Kier alpha value is -2.18. The second-order valence-electron chi connectivity index (χ2n) is 9.75. The Morgan fingerprint density at radius 2 is 1.74 bits per heavy atom. The topological polar surface area (TPSA) is 62.6 Å². The van der Waals surface area contributed by atoms with Gasteiger partial charge in [-0.15, -0.1) is 0 Å². The Labute approximate surface area is 209 Å². The van der Waals surface area contributed by atoms with E-state index < -0.39 is 0 Å². The number of hydrogen-bond donors (Lipinski definition) is 1. The molecule has 2 saturated heterocycles. The van der Waals surface area contributed by atoms with E-state index in [2.05, 4.69) is 53.1 Å². The highest BCUT2D eigenvalue weighted by molar-refractivity contribution is 6.30. The molecule has 1 aromatic heterocycles. The number of benzene rings is 1. The molecule has 2 aromatic rings. The minimum Gasteiger partial charge on any atom is -0.494 e. The van der Waals surface area contributed by atoms with Gasteiger partial charge in [0.15, 0.2) is 0 Å². The molecular weight excluding hydrogens is 446 g/mol. The van der Waals surface area contributed by atoms with Crippen molar-refractivity contribution in [2.75, 3.05) is 37.7 Å². The smallest absolute Gasteiger partial charge is 0.225 e. The molecule has 0 spiro atoms. The Morgan fingerprint density at radius 1 is 1.09 bits per heavy atom. The number of aryl methyl sites for hydroxylation is 2. The normalized spacial score (nSPS) is 18.4. The summed E-state index contributed by atoms with van der Waals surface area (Å²) in [4.78, 5) is 16.0. The molecule has 1 aromatic carbocycles. The molecule has 4 rings (SSSR count). The van der Waals surface area contributed by atoms with Crippen LogP contribution in [-0.4, -0.2) is 54.5 Å². The summed E-state index contributed by atoms with van der Waals surface area (Å²) in [6, 6.07) is 4.80. The number of halogens is 1. The minimum atomic E-state index is 0.446. The van der Waals surface area contributed by atoms with E-state index in [0.29, 0.717) is 11.1 Å². The van der Waals surface area contributed by atoms with Crippen molar-refractivity contribution in [3.8, 4) is 5.75 Å². The Kier molecular flexibility index (Phi) is 8.79. The maximum atomic E-state index is 6.15. The van der Waals surface area contributed by atoms with Crippen LogP contribution in [0.25, 0.3) is 0 Å².